The molecule has 0 aliphatic carbocycles. The predicted molar refractivity (Wildman–Crippen MR) is 108 cm³/mol. The van der Waals surface area contributed by atoms with Gasteiger partial charge in [0.2, 0.25) is 0 Å². The van der Waals surface area contributed by atoms with Crippen molar-refractivity contribution in [3.63, 3.8) is 0 Å². The van der Waals surface area contributed by atoms with Gasteiger partial charge in [-0.05, 0) is 39.8 Å². The predicted octanol–water partition coefficient (Wildman–Crippen LogP) is 3.88. The minimum absolute atomic E-state index is 0.210. The highest BCUT2D eigenvalue weighted by atomic mass is 16.5. The van der Waals surface area contributed by atoms with Crippen LogP contribution in [0.1, 0.15) is 43.7 Å². The number of hydrogen-bond donors (Lipinski definition) is 2. The highest BCUT2D eigenvalue weighted by Gasteiger charge is 2.16. The first-order valence-corrected chi connectivity index (χ1v) is 9.29. The summed E-state index contributed by atoms with van der Waals surface area (Å²) >= 11 is 0. The molecule has 0 fully saturated rings. The molecule has 0 amide bonds. The summed E-state index contributed by atoms with van der Waals surface area (Å²) in [5.41, 5.74) is 2.92. The lowest BCUT2D eigenvalue weighted by Crippen LogP contribution is -2.31. The van der Waals surface area contributed by atoms with Gasteiger partial charge in [-0.1, -0.05) is 12.1 Å². The Labute approximate surface area is 161 Å². The molecular formula is C20H30N4O3. The van der Waals surface area contributed by atoms with Crippen molar-refractivity contribution in [1.29, 1.82) is 0 Å². The Morgan fingerprint density at radius 1 is 1.26 bits per heavy atom. The number of hydrogen-bond acceptors (Lipinski definition) is 5. The van der Waals surface area contributed by atoms with Gasteiger partial charge in [-0.15, -0.1) is 0 Å². The van der Waals surface area contributed by atoms with Crippen LogP contribution in [0.5, 0.6) is 11.5 Å². The molecule has 0 bridgehead atoms. The van der Waals surface area contributed by atoms with Crippen LogP contribution in [0.4, 0.5) is 5.69 Å². The summed E-state index contributed by atoms with van der Waals surface area (Å²) < 4.78 is 16.2. The first-order chi connectivity index (χ1) is 13.0. The molecule has 1 unspecified atom stereocenters. The zero-order valence-corrected chi connectivity index (χ0v) is 17.0. The highest BCUT2D eigenvalue weighted by Crippen LogP contribution is 2.30. The van der Waals surface area contributed by atoms with Crippen molar-refractivity contribution in [1.82, 2.24) is 10.5 Å². The van der Waals surface area contributed by atoms with Crippen LogP contribution in [0, 0.1) is 13.8 Å². The summed E-state index contributed by atoms with van der Waals surface area (Å²) in [7, 11) is 1.63. The van der Waals surface area contributed by atoms with E-state index in [1.807, 2.05) is 45.9 Å². The van der Waals surface area contributed by atoms with E-state index in [4.69, 9.17) is 19.0 Å². The molecular weight excluding hydrogens is 344 g/mol. The van der Waals surface area contributed by atoms with Crippen molar-refractivity contribution in [2.75, 3.05) is 32.1 Å². The fraction of sp³-hybridized carbons (Fsp3) is 0.500. The Hall–Kier alpha value is -2.70. The maximum Gasteiger partial charge on any atom is 0.195 e. The van der Waals surface area contributed by atoms with Gasteiger partial charge >= 0.3 is 0 Å². The van der Waals surface area contributed by atoms with E-state index in [9.17, 15) is 0 Å². The van der Waals surface area contributed by atoms with Crippen molar-refractivity contribution in [3.05, 3.63) is 35.2 Å². The lowest BCUT2D eigenvalue weighted by atomic mass is 10.00. The van der Waals surface area contributed by atoms with Crippen molar-refractivity contribution in [3.8, 4) is 11.5 Å². The van der Waals surface area contributed by atoms with Crippen LogP contribution in [-0.4, -0.2) is 37.9 Å². The van der Waals surface area contributed by atoms with Crippen LogP contribution in [-0.2, 0) is 0 Å². The number of guanidine groups is 1. The topological polar surface area (TPSA) is 80.9 Å². The van der Waals surface area contributed by atoms with Crippen molar-refractivity contribution in [2.45, 2.75) is 40.5 Å². The molecule has 1 atom stereocenters. The molecule has 1 heterocycles. The number of anilines is 1. The molecule has 7 heteroatoms. The maximum absolute atomic E-state index is 5.64. The monoisotopic (exact) mass is 374 g/mol. The van der Waals surface area contributed by atoms with Crippen LogP contribution in [0.3, 0.4) is 0 Å². The molecule has 0 spiro atoms. The SMILES string of the molecule is CCNC(=NCC(C)c1c(C)noc1C)Nc1ccc(OC)c(OCC)c1. The van der Waals surface area contributed by atoms with Gasteiger partial charge in [-0.3, -0.25) is 4.99 Å². The summed E-state index contributed by atoms with van der Waals surface area (Å²) in [6.45, 7) is 12.0. The lowest BCUT2D eigenvalue weighted by molar-refractivity contribution is 0.311. The van der Waals surface area contributed by atoms with Gasteiger partial charge in [0.25, 0.3) is 0 Å². The second-order valence-electron chi connectivity index (χ2n) is 6.28. The summed E-state index contributed by atoms with van der Waals surface area (Å²) in [6, 6.07) is 5.72. The van der Waals surface area contributed by atoms with Crippen molar-refractivity contribution in [2.24, 2.45) is 4.99 Å². The first kappa shape index (κ1) is 20.6. The van der Waals surface area contributed by atoms with Gasteiger partial charge in [0, 0.05) is 36.3 Å². The van der Waals surface area contributed by atoms with E-state index in [0.717, 1.165) is 29.2 Å². The standard InChI is InChI=1S/C20H30N4O3/c1-7-21-20(22-12-13(3)19-14(4)24-27-15(19)5)23-16-9-10-17(25-6)18(11-16)26-8-2/h9-11,13H,7-8,12H2,1-6H3,(H2,21,22,23). The number of ether oxygens (including phenoxy) is 2. The van der Waals surface area contributed by atoms with E-state index in [2.05, 4.69) is 22.7 Å². The fourth-order valence-electron chi connectivity index (χ4n) is 2.98. The zero-order chi connectivity index (χ0) is 19.8. The fourth-order valence-corrected chi connectivity index (χ4v) is 2.98. The molecule has 148 valence electrons. The summed E-state index contributed by atoms with van der Waals surface area (Å²) in [5, 5.41) is 10.6. The van der Waals surface area contributed by atoms with Gasteiger partial charge in [0.05, 0.1) is 19.4 Å². The van der Waals surface area contributed by atoms with Gasteiger partial charge in [-0.2, -0.15) is 0 Å². The first-order valence-electron chi connectivity index (χ1n) is 9.29. The third-order valence-electron chi connectivity index (χ3n) is 4.18. The molecule has 7 nitrogen and oxygen atoms in total. The molecule has 0 aliphatic rings. The summed E-state index contributed by atoms with van der Waals surface area (Å²) in [6.07, 6.45) is 0. The van der Waals surface area contributed by atoms with Crippen LogP contribution in [0.15, 0.2) is 27.7 Å². The molecule has 0 saturated carbocycles. The molecule has 2 rings (SSSR count). The number of benzene rings is 1. The van der Waals surface area contributed by atoms with Crippen LogP contribution < -0.4 is 20.1 Å². The summed E-state index contributed by atoms with van der Waals surface area (Å²) in [5.74, 6) is 3.18. The Bertz CT molecular complexity index is 751. The van der Waals surface area contributed by atoms with E-state index in [0.29, 0.717) is 30.6 Å². The average Bonchev–Trinajstić information content (AvgIpc) is 2.99. The van der Waals surface area contributed by atoms with E-state index in [-0.39, 0.29) is 5.92 Å². The number of aliphatic imine (C=N–C) groups is 1. The molecule has 0 radical (unpaired) electrons. The molecule has 1 aromatic carbocycles. The van der Waals surface area contributed by atoms with Gasteiger partial charge in [0.1, 0.15) is 5.76 Å². The van der Waals surface area contributed by atoms with E-state index in [1.165, 1.54) is 0 Å². The Morgan fingerprint density at radius 2 is 2.04 bits per heavy atom. The third-order valence-corrected chi connectivity index (χ3v) is 4.18. The number of nitrogens with one attached hydrogen (secondary N) is 2. The minimum Gasteiger partial charge on any atom is -0.493 e. The zero-order valence-electron chi connectivity index (χ0n) is 17.0. The van der Waals surface area contributed by atoms with Crippen molar-refractivity contribution < 1.29 is 14.0 Å². The second kappa shape index (κ2) is 9.85. The van der Waals surface area contributed by atoms with E-state index < -0.39 is 0 Å². The number of aromatic nitrogens is 1. The lowest BCUT2D eigenvalue weighted by Gasteiger charge is -2.15. The maximum atomic E-state index is 5.64. The molecule has 27 heavy (non-hydrogen) atoms. The Kier molecular flexibility index (Phi) is 7.52. The van der Waals surface area contributed by atoms with Crippen LogP contribution >= 0.6 is 0 Å². The van der Waals surface area contributed by atoms with Gasteiger partial charge in [-0.25, -0.2) is 0 Å². The summed E-state index contributed by atoms with van der Waals surface area (Å²) in [4.78, 5) is 4.72. The number of aryl methyl sites for hydroxylation is 2. The molecule has 2 aromatic rings. The molecule has 0 aliphatic heterocycles. The highest BCUT2D eigenvalue weighted by molar-refractivity contribution is 5.94. The smallest absolute Gasteiger partial charge is 0.195 e. The quantitative estimate of drug-likeness (QED) is 0.539. The van der Waals surface area contributed by atoms with Crippen LogP contribution in [0.2, 0.25) is 0 Å². The molecule has 0 saturated heterocycles. The van der Waals surface area contributed by atoms with Gasteiger partial charge < -0.3 is 24.6 Å². The number of rotatable bonds is 8. The van der Waals surface area contributed by atoms with E-state index in [1.54, 1.807) is 7.11 Å². The minimum atomic E-state index is 0.210. The average molecular weight is 374 g/mol. The Morgan fingerprint density at radius 3 is 2.63 bits per heavy atom. The molecule has 2 N–H and O–H groups in total. The van der Waals surface area contributed by atoms with Gasteiger partial charge in [0.15, 0.2) is 17.5 Å². The van der Waals surface area contributed by atoms with Crippen LogP contribution in [0.25, 0.3) is 0 Å². The normalized spacial score (nSPS) is 12.6. The third kappa shape index (κ3) is 5.39. The van der Waals surface area contributed by atoms with E-state index >= 15 is 0 Å². The second-order valence-corrected chi connectivity index (χ2v) is 6.28. The number of nitrogens with zero attached hydrogens (tertiary/aromatic N) is 2. The number of methoxy groups -OCH3 is 1. The largest absolute Gasteiger partial charge is 0.493 e. The molecule has 1 aromatic heterocycles. The Balaban J connectivity index is 2.15. The van der Waals surface area contributed by atoms with Crippen molar-refractivity contribution >= 4 is 11.6 Å².